The smallest absolute Gasteiger partial charge is 0.329 e. The first-order chi connectivity index (χ1) is 6.65. The predicted octanol–water partition coefficient (Wildman–Crippen LogP) is -1.73. The highest BCUT2D eigenvalue weighted by Crippen LogP contribution is 2.16. The lowest BCUT2D eigenvalue weighted by Gasteiger charge is -2.32. The largest absolute Gasteiger partial charge is 0.480 e. The number of nitrogens with two attached hydrogens (primary N) is 1. The standard InChI is InChI=1S/C7H12NO6/c8-14-5-2-12-1-4(7(5)11)13-3-6(9)10/h2,4-5,7,11H,1,3,8H2,(H,9,10)/t4-,5+,7-/m1/s1. The topological polar surface area (TPSA) is 111 Å². The van der Waals surface area contributed by atoms with Gasteiger partial charge in [-0.15, -0.1) is 0 Å². The molecule has 0 bridgehead atoms. The molecule has 1 radical (unpaired) electrons. The minimum atomic E-state index is -1.11. The van der Waals surface area contributed by atoms with Gasteiger partial charge in [-0.1, -0.05) is 0 Å². The molecule has 1 fully saturated rings. The number of rotatable bonds is 4. The normalized spacial score (nSPS) is 32.9. The predicted molar refractivity (Wildman–Crippen MR) is 42.7 cm³/mol. The van der Waals surface area contributed by atoms with Crippen molar-refractivity contribution in [1.82, 2.24) is 0 Å². The molecule has 0 aromatic carbocycles. The SMILES string of the molecule is NO[C@H]1[CH]OC[C@@H](OCC(=O)O)[C@H]1O. The third kappa shape index (κ3) is 2.89. The lowest BCUT2D eigenvalue weighted by Crippen LogP contribution is -2.49. The molecule has 0 amide bonds. The van der Waals surface area contributed by atoms with E-state index in [1.54, 1.807) is 0 Å². The van der Waals surface area contributed by atoms with Gasteiger partial charge in [0.2, 0.25) is 0 Å². The van der Waals surface area contributed by atoms with Gasteiger partial charge in [-0.05, 0) is 0 Å². The maximum atomic E-state index is 10.2. The molecule has 1 aliphatic heterocycles. The molecule has 14 heavy (non-hydrogen) atoms. The van der Waals surface area contributed by atoms with Crippen molar-refractivity contribution in [2.45, 2.75) is 18.3 Å². The van der Waals surface area contributed by atoms with E-state index in [1.807, 2.05) is 0 Å². The summed E-state index contributed by atoms with van der Waals surface area (Å²) in [4.78, 5) is 14.6. The van der Waals surface area contributed by atoms with E-state index >= 15 is 0 Å². The Balaban J connectivity index is 2.39. The fourth-order valence-electron chi connectivity index (χ4n) is 1.07. The first-order valence-corrected chi connectivity index (χ1v) is 3.97. The van der Waals surface area contributed by atoms with Gasteiger partial charge in [-0.2, -0.15) is 0 Å². The van der Waals surface area contributed by atoms with Crippen molar-refractivity contribution in [3.05, 3.63) is 6.61 Å². The van der Waals surface area contributed by atoms with Crippen LogP contribution in [0.25, 0.3) is 0 Å². The molecule has 1 heterocycles. The van der Waals surface area contributed by atoms with Crippen molar-refractivity contribution in [2.75, 3.05) is 13.2 Å². The van der Waals surface area contributed by atoms with Gasteiger partial charge < -0.3 is 19.7 Å². The molecule has 0 aliphatic carbocycles. The van der Waals surface area contributed by atoms with E-state index in [9.17, 15) is 9.90 Å². The second kappa shape index (κ2) is 5.23. The molecule has 0 aromatic heterocycles. The number of carboxylic acid groups (broad SMARTS) is 1. The van der Waals surface area contributed by atoms with Crippen LogP contribution in [0.5, 0.6) is 0 Å². The van der Waals surface area contributed by atoms with Gasteiger partial charge in [0.05, 0.1) is 6.61 Å². The average Bonchev–Trinajstić information content (AvgIpc) is 2.16. The molecular formula is C7H12NO6. The maximum Gasteiger partial charge on any atom is 0.329 e. The molecule has 1 aliphatic rings. The Bertz CT molecular complexity index is 199. The Morgan fingerprint density at radius 3 is 3.00 bits per heavy atom. The van der Waals surface area contributed by atoms with Crippen LogP contribution in [0.4, 0.5) is 0 Å². The number of aliphatic carboxylic acids is 1. The lowest BCUT2D eigenvalue weighted by atomic mass is 10.1. The van der Waals surface area contributed by atoms with Gasteiger partial charge in [0.1, 0.15) is 31.5 Å². The number of aliphatic hydroxyl groups is 1. The third-order valence-corrected chi connectivity index (χ3v) is 1.79. The zero-order chi connectivity index (χ0) is 10.6. The molecule has 81 valence electrons. The molecule has 1 saturated heterocycles. The van der Waals surface area contributed by atoms with Crippen LogP contribution < -0.4 is 5.90 Å². The van der Waals surface area contributed by atoms with Crippen molar-refractivity contribution in [2.24, 2.45) is 5.90 Å². The number of carbonyl (C=O) groups is 1. The summed E-state index contributed by atoms with van der Waals surface area (Å²) >= 11 is 0. The van der Waals surface area contributed by atoms with Crippen LogP contribution in [0.15, 0.2) is 0 Å². The molecule has 0 unspecified atom stereocenters. The van der Waals surface area contributed by atoms with Crippen LogP contribution in [0, 0.1) is 6.61 Å². The van der Waals surface area contributed by atoms with Crippen molar-refractivity contribution < 1.29 is 29.3 Å². The summed E-state index contributed by atoms with van der Waals surface area (Å²) in [6.07, 6.45) is -2.57. The molecule has 7 heteroatoms. The van der Waals surface area contributed by atoms with Gasteiger partial charge in [0.25, 0.3) is 0 Å². The highest BCUT2D eigenvalue weighted by Gasteiger charge is 2.34. The Labute approximate surface area is 80.3 Å². The Morgan fingerprint density at radius 1 is 1.71 bits per heavy atom. The van der Waals surface area contributed by atoms with E-state index in [0.29, 0.717) is 0 Å². The monoisotopic (exact) mass is 206 g/mol. The minimum absolute atomic E-state index is 0.0777. The van der Waals surface area contributed by atoms with Crippen molar-refractivity contribution >= 4 is 5.97 Å². The fraction of sp³-hybridized carbons (Fsp3) is 0.714. The van der Waals surface area contributed by atoms with Gasteiger partial charge in [0, 0.05) is 0 Å². The van der Waals surface area contributed by atoms with E-state index in [4.69, 9.17) is 20.5 Å². The molecule has 7 nitrogen and oxygen atoms in total. The molecule has 0 aromatic rings. The van der Waals surface area contributed by atoms with Gasteiger partial charge >= 0.3 is 5.97 Å². The van der Waals surface area contributed by atoms with E-state index in [-0.39, 0.29) is 6.61 Å². The highest BCUT2D eigenvalue weighted by atomic mass is 16.7. The van der Waals surface area contributed by atoms with Crippen molar-refractivity contribution in [3.8, 4) is 0 Å². The summed E-state index contributed by atoms with van der Waals surface area (Å²) in [5.41, 5.74) is 0. The number of hydrogen-bond donors (Lipinski definition) is 3. The van der Waals surface area contributed by atoms with Crippen molar-refractivity contribution in [1.29, 1.82) is 0 Å². The zero-order valence-corrected chi connectivity index (χ0v) is 7.33. The Kier molecular flexibility index (Phi) is 4.23. The van der Waals surface area contributed by atoms with Gasteiger partial charge in [0.15, 0.2) is 0 Å². The summed E-state index contributed by atoms with van der Waals surface area (Å²) < 4.78 is 9.74. The summed E-state index contributed by atoms with van der Waals surface area (Å²) in [7, 11) is 0. The van der Waals surface area contributed by atoms with Crippen LogP contribution in [-0.4, -0.2) is 47.7 Å². The first-order valence-electron chi connectivity index (χ1n) is 3.97. The first kappa shape index (κ1) is 11.3. The number of hydrogen-bond acceptors (Lipinski definition) is 6. The average molecular weight is 206 g/mol. The molecule has 3 atom stereocenters. The van der Waals surface area contributed by atoms with Crippen LogP contribution in [0.2, 0.25) is 0 Å². The van der Waals surface area contributed by atoms with E-state index in [0.717, 1.165) is 0 Å². The second-order valence-corrected chi connectivity index (χ2v) is 2.80. The minimum Gasteiger partial charge on any atom is -0.480 e. The van der Waals surface area contributed by atoms with Crippen LogP contribution >= 0.6 is 0 Å². The molecule has 4 N–H and O–H groups in total. The van der Waals surface area contributed by atoms with E-state index in [1.165, 1.54) is 6.61 Å². The quantitative estimate of drug-likeness (QED) is 0.468. The summed E-state index contributed by atoms with van der Waals surface area (Å²) in [5, 5.41) is 17.8. The van der Waals surface area contributed by atoms with Gasteiger partial charge in [-0.25, -0.2) is 10.7 Å². The van der Waals surface area contributed by atoms with Crippen LogP contribution in [0.1, 0.15) is 0 Å². The number of aliphatic hydroxyl groups excluding tert-OH is 1. The van der Waals surface area contributed by atoms with Gasteiger partial charge in [-0.3, -0.25) is 4.84 Å². The second-order valence-electron chi connectivity index (χ2n) is 2.80. The molecule has 0 saturated carbocycles. The van der Waals surface area contributed by atoms with Crippen molar-refractivity contribution in [3.63, 3.8) is 0 Å². The maximum absolute atomic E-state index is 10.2. The van der Waals surface area contributed by atoms with Crippen LogP contribution in [-0.2, 0) is 19.1 Å². The molecular weight excluding hydrogens is 194 g/mol. The third-order valence-electron chi connectivity index (χ3n) is 1.79. The lowest BCUT2D eigenvalue weighted by molar-refractivity contribution is -0.174. The van der Waals surface area contributed by atoms with Crippen LogP contribution in [0.3, 0.4) is 0 Å². The number of carboxylic acids is 1. The summed E-state index contributed by atoms with van der Waals surface area (Å²) in [5.74, 6) is 3.75. The number of ether oxygens (including phenoxy) is 2. The summed E-state index contributed by atoms with van der Waals surface area (Å²) in [6, 6.07) is 0. The van der Waals surface area contributed by atoms with E-state index < -0.39 is 30.9 Å². The Hall–Kier alpha value is -0.730. The molecule has 1 rings (SSSR count). The highest BCUT2D eigenvalue weighted by molar-refractivity contribution is 5.68. The summed E-state index contributed by atoms with van der Waals surface area (Å²) in [6.45, 7) is 0.821. The fourth-order valence-corrected chi connectivity index (χ4v) is 1.07. The van der Waals surface area contributed by atoms with E-state index in [2.05, 4.69) is 4.84 Å². The Morgan fingerprint density at radius 2 is 2.43 bits per heavy atom. The zero-order valence-electron chi connectivity index (χ0n) is 7.33. The molecule has 0 spiro atoms.